The number of thiophene rings is 1. The Bertz CT molecular complexity index is 850. The van der Waals surface area contributed by atoms with E-state index in [2.05, 4.69) is 37.0 Å². The summed E-state index contributed by atoms with van der Waals surface area (Å²) in [6.07, 6.45) is 2.11. The Morgan fingerprint density at radius 1 is 1.29 bits per heavy atom. The lowest BCUT2D eigenvalue weighted by molar-refractivity contribution is 0.375. The Morgan fingerprint density at radius 3 is 2.96 bits per heavy atom. The number of anilines is 2. The molecule has 126 valence electrons. The van der Waals surface area contributed by atoms with Crippen molar-refractivity contribution in [3.8, 4) is 10.7 Å². The summed E-state index contributed by atoms with van der Waals surface area (Å²) in [5.41, 5.74) is 9.36. The van der Waals surface area contributed by atoms with Gasteiger partial charge in [-0.25, -0.2) is 0 Å². The summed E-state index contributed by atoms with van der Waals surface area (Å²) < 4.78 is 6.49. The number of halogens is 2. The standard InChI is InChI=1S/C16H15BrN4OS.ClH/c17-14-7-6-13(23-14)16-19-15(22-20-16)9-21-8-2-3-10-11(18)4-1-5-12(10)21;/h1,4-7H,2-3,8-9,18H2;1H. The quantitative estimate of drug-likeness (QED) is 0.623. The van der Waals surface area contributed by atoms with E-state index in [1.54, 1.807) is 11.3 Å². The van der Waals surface area contributed by atoms with Crippen LogP contribution in [0.5, 0.6) is 0 Å². The van der Waals surface area contributed by atoms with Gasteiger partial charge in [-0.05, 0) is 58.6 Å². The second kappa shape index (κ2) is 7.13. The van der Waals surface area contributed by atoms with E-state index in [-0.39, 0.29) is 12.4 Å². The van der Waals surface area contributed by atoms with Crippen LogP contribution in [0.15, 0.2) is 38.6 Å². The van der Waals surface area contributed by atoms with E-state index < -0.39 is 0 Å². The van der Waals surface area contributed by atoms with Crippen LogP contribution in [0, 0.1) is 0 Å². The van der Waals surface area contributed by atoms with Crippen molar-refractivity contribution in [3.63, 3.8) is 0 Å². The first-order valence-corrected chi connectivity index (χ1v) is 9.02. The monoisotopic (exact) mass is 426 g/mol. The van der Waals surface area contributed by atoms with Crippen molar-refractivity contribution in [1.29, 1.82) is 0 Å². The van der Waals surface area contributed by atoms with Gasteiger partial charge in [0.15, 0.2) is 0 Å². The fourth-order valence-corrected chi connectivity index (χ4v) is 4.22. The molecule has 0 unspecified atom stereocenters. The number of hydrogen-bond donors (Lipinski definition) is 1. The molecular formula is C16H16BrClN4OS. The molecule has 1 aliphatic rings. The fourth-order valence-electron chi connectivity index (χ4n) is 2.91. The second-order valence-corrected chi connectivity index (χ2v) is 7.95. The highest BCUT2D eigenvalue weighted by Crippen LogP contribution is 2.33. The van der Waals surface area contributed by atoms with Gasteiger partial charge < -0.3 is 15.2 Å². The molecule has 1 aromatic carbocycles. The molecule has 0 saturated heterocycles. The zero-order valence-electron chi connectivity index (χ0n) is 12.7. The molecule has 24 heavy (non-hydrogen) atoms. The number of benzene rings is 1. The maximum atomic E-state index is 6.10. The highest BCUT2D eigenvalue weighted by Gasteiger charge is 2.21. The molecule has 0 amide bonds. The van der Waals surface area contributed by atoms with Crippen molar-refractivity contribution >= 4 is 51.0 Å². The van der Waals surface area contributed by atoms with Gasteiger partial charge >= 0.3 is 0 Å². The molecule has 8 heteroatoms. The minimum absolute atomic E-state index is 0. The minimum Gasteiger partial charge on any atom is -0.398 e. The number of nitrogens with two attached hydrogens (primary N) is 1. The van der Waals surface area contributed by atoms with E-state index in [1.807, 2.05) is 24.3 Å². The van der Waals surface area contributed by atoms with Crippen molar-refractivity contribution in [2.75, 3.05) is 17.2 Å². The van der Waals surface area contributed by atoms with Gasteiger partial charge in [0.1, 0.15) is 0 Å². The lowest BCUT2D eigenvalue weighted by Crippen LogP contribution is -2.29. The van der Waals surface area contributed by atoms with Crippen molar-refractivity contribution in [1.82, 2.24) is 10.1 Å². The van der Waals surface area contributed by atoms with Crippen LogP contribution in [0.3, 0.4) is 0 Å². The number of fused-ring (bicyclic) bond motifs is 1. The highest BCUT2D eigenvalue weighted by atomic mass is 79.9. The topological polar surface area (TPSA) is 68.2 Å². The van der Waals surface area contributed by atoms with Crippen LogP contribution in [0.4, 0.5) is 11.4 Å². The van der Waals surface area contributed by atoms with E-state index >= 15 is 0 Å². The maximum absolute atomic E-state index is 6.10. The Morgan fingerprint density at radius 2 is 2.17 bits per heavy atom. The van der Waals surface area contributed by atoms with Gasteiger partial charge in [-0.2, -0.15) is 4.98 Å². The van der Waals surface area contributed by atoms with Crippen molar-refractivity contribution in [2.24, 2.45) is 0 Å². The number of aromatic nitrogens is 2. The Balaban J connectivity index is 0.00000169. The normalized spacial score (nSPS) is 13.5. The molecule has 0 atom stereocenters. The predicted octanol–water partition coefficient (Wildman–Crippen LogP) is 4.52. The van der Waals surface area contributed by atoms with Crippen LogP contribution < -0.4 is 10.6 Å². The molecule has 0 bridgehead atoms. The largest absolute Gasteiger partial charge is 0.398 e. The highest BCUT2D eigenvalue weighted by molar-refractivity contribution is 9.11. The van der Waals surface area contributed by atoms with E-state index in [9.17, 15) is 0 Å². The molecule has 1 aliphatic heterocycles. The number of nitrogen functional groups attached to an aromatic ring is 1. The van der Waals surface area contributed by atoms with Gasteiger partial charge in [0, 0.05) is 17.9 Å². The first-order valence-electron chi connectivity index (χ1n) is 7.41. The summed E-state index contributed by atoms with van der Waals surface area (Å²) in [6.45, 7) is 1.58. The molecule has 2 N–H and O–H groups in total. The third-order valence-corrected chi connectivity index (χ3v) is 5.59. The molecule has 0 aliphatic carbocycles. The predicted molar refractivity (Wildman–Crippen MR) is 103 cm³/mol. The van der Waals surface area contributed by atoms with Crippen LogP contribution in [-0.4, -0.2) is 16.7 Å². The average Bonchev–Trinajstić information content (AvgIpc) is 3.17. The molecule has 0 fully saturated rings. The third kappa shape index (κ3) is 3.29. The molecule has 2 aromatic heterocycles. The van der Waals surface area contributed by atoms with Gasteiger partial charge in [0.05, 0.1) is 15.2 Å². The molecular weight excluding hydrogens is 412 g/mol. The lowest BCUT2D eigenvalue weighted by atomic mass is 10.00. The molecule has 0 saturated carbocycles. The van der Waals surface area contributed by atoms with Crippen LogP contribution in [0.1, 0.15) is 17.9 Å². The van der Waals surface area contributed by atoms with Crippen LogP contribution in [0.2, 0.25) is 0 Å². The van der Waals surface area contributed by atoms with Crippen molar-refractivity contribution in [3.05, 3.63) is 45.6 Å². The summed E-state index contributed by atoms with van der Waals surface area (Å²) in [5, 5.41) is 4.09. The minimum atomic E-state index is 0. The molecule has 3 aromatic rings. The van der Waals surface area contributed by atoms with E-state index in [1.165, 1.54) is 11.3 Å². The van der Waals surface area contributed by atoms with E-state index in [4.69, 9.17) is 10.3 Å². The maximum Gasteiger partial charge on any atom is 0.246 e. The number of hydrogen-bond acceptors (Lipinski definition) is 6. The molecule has 4 rings (SSSR count). The summed E-state index contributed by atoms with van der Waals surface area (Å²) in [7, 11) is 0. The van der Waals surface area contributed by atoms with Gasteiger partial charge in [-0.1, -0.05) is 11.2 Å². The summed E-state index contributed by atoms with van der Waals surface area (Å²) in [5.74, 6) is 1.26. The van der Waals surface area contributed by atoms with E-state index in [0.29, 0.717) is 18.3 Å². The Kier molecular flexibility index (Phi) is 5.12. The van der Waals surface area contributed by atoms with Gasteiger partial charge in [0.2, 0.25) is 11.7 Å². The van der Waals surface area contributed by atoms with Crippen LogP contribution in [0.25, 0.3) is 10.7 Å². The Labute approximate surface area is 158 Å². The van der Waals surface area contributed by atoms with Crippen LogP contribution in [-0.2, 0) is 13.0 Å². The van der Waals surface area contributed by atoms with E-state index in [0.717, 1.165) is 33.7 Å². The van der Waals surface area contributed by atoms with Crippen molar-refractivity contribution in [2.45, 2.75) is 19.4 Å². The van der Waals surface area contributed by atoms with Crippen LogP contribution >= 0.6 is 39.7 Å². The average molecular weight is 428 g/mol. The molecule has 5 nitrogen and oxygen atoms in total. The summed E-state index contributed by atoms with van der Waals surface area (Å²) in [6, 6.07) is 10.0. The molecule has 3 heterocycles. The molecule has 0 radical (unpaired) electrons. The fraction of sp³-hybridized carbons (Fsp3) is 0.250. The van der Waals surface area contributed by atoms with Crippen molar-refractivity contribution < 1.29 is 4.52 Å². The number of nitrogens with zero attached hydrogens (tertiary/aromatic N) is 3. The lowest BCUT2D eigenvalue weighted by Gasteiger charge is -2.30. The summed E-state index contributed by atoms with van der Waals surface area (Å²) >= 11 is 5.05. The zero-order valence-corrected chi connectivity index (χ0v) is 16.0. The SMILES string of the molecule is Cl.Nc1cccc2c1CCCN2Cc1nc(-c2ccc(Br)s2)no1. The smallest absolute Gasteiger partial charge is 0.246 e. The summed E-state index contributed by atoms with van der Waals surface area (Å²) in [4.78, 5) is 7.78. The second-order valence-electron chi connectivity index (χ2n) is 5.49. The number of rotatable bonds is 3. The zero-order chi connectivity index (χ0) is 15.8. The Hall–Kier alpha value is -1.57. The van der Waals surface area contributed by atoms with Gasteiger partial charge in [-0.15, -0.1) is 23.7 Å². The third-order valence-electron chi connectivity index (χ3n) is 3.97. The molecule has 0 spiro atoms. The van der Waals surface area contributed by atoms with Gasteiger partial charge in [0.25, 0.3) is 0 Å². The first kappa shape index (κ1) is 17.3. The first-order chi connectivity index (χ1) is 11.2. The van der Waals surface area contributed by atoms with Gasteiger partial charge in [-0.3, -0.25) is 0 Å².